The Morgan fingerprint density at radius 3 is 2.27 bits per heavy atom. The third kappa shape index (κ3) is 4.82. The number of nitrogens with zero attached hydrogens (tertiary/aromatic N) is 1. The summed E-state index contributed by atoms with van der Waals surface area (Å²) in [5, 5.41) is 9.25. The molecule has 0 radical (unpaired) electrons. The predicted octanol–water partition coefficient (Wildman–Crippen LogP) is 1.82. The highest BCUT2D eigenvalue weighted by molar-refractivity contribution is 7.89. The van der Waals surface area contributed by atoms with Gasteiger partial charge in [-0.3, -0.25) is 9.69 Å². The van der Waals surface area contributed by atoms with Crippen molar-refractivity contribution in [2.24, 2.45) is 0 Å². The van der Waals surface area contributed by atoms with Crippen molar-refractivity contribution in [3.63, 3.8) is 0 Å². The molecule has 1 aromatic rings. The molecule has 0 bridgehead atoms. The van der Waals surface area contributed by atoms with Crippen LogP contribution in [-0.4, -0.2) is 50.1 Å². The zero-order valence-electron chi connectivity index (χ0n) is 11.6. The number of piperidine rings is 1. The number of carboxylic acid groups (broad SMARTS) is 1. The van der Waals surface area contributed by atoms with Gasteiger partial charge in [-0.15, -0.1) is 0 Å². The molecule has 0 saturated carbocycles. The lowest BCUT2D eigenvalue weighted by atomic mass is 10.1. The molecule has 9 heteroatoms. The number of likely N-dealkylation sites (tertiary alicyclic amines) is 1. The van der Waals surface area contributed by atoms with Gasteiger partial charge in [0.15, 0.2) is 0 Å². The van der Waals surface area contributed by atoms with E-state index >= 15 is 0 Å². The van der Waals surface area contributed by atoms with Crippen LogP contribution in [0.5, 0.6) is 0 Å². The molecule has 0 aromatic heterocycles. The highest BCUT2D eigenvalue weighted by atomic mass is 35.5. The summed E-state index contributed by atoms with van der Waals surface area (Å²) in [4.78, 5) is 12.5. The summed E-state index contributed by atoms with van der Waals surface area (Å²) >= 11 is 11.7. The summed E-state index contributed by atoms with van der Waals surface area (Å²) in [6.07, 6.45) is 1.11. The molecule has 0 unspecified atom stereocenters. The largest absolute Gasteiger partial charge is 0.480 e. The number of benzene rings is 1. The van der Waals surface area contributed by atoms with Crippen molar-refractivity contribution < 1.29 is 18.3 Å². The molecular formula is C13H16Cl2N2O4S. The van der Waals surface area contributed by atoms with Gasteiger partial charge >= 0.3 is 5.97 Å². The zero-order chi connectivity index (χ0) is 16.3. The molecule has 1 aliphatic rings. The fraction of sp³-hybridized carbons (Fsp3) is 0.462. The lowest BCUT2D eigenvalue weighted by molar-refractivity contribution is -0.138. The topological polar surface area (TPSA) is 86.7 Å². The first kappa shape index (κ1) is 17.5. The van der Waals surface area contributed by atoms with E-state index in [1.54, 1.807) is 4.90 Å². The van der Waals surface area contributed by atoms with E-state index in [2.05, 4.69) is 4.72 Å². The van der Waals surface area contributed by atoms with E-state index in [1.807, 2.05) is 0 Å². The number of hydrogen-bond acceptors (Lipinski definition) is 4. The maximum absolute atomic E-state index is 12.3. The summed E-state index contributed by atoms with van der Waals surface area (Å²) in [6.45, 7) is 1.05. The SMILES string of the molecule is O=C(O)CN1CCC(NS(=O)(=O)c2cc(Cl)cc(Cl)c2)CC1. The molecule has 1 saturated heterocycles. The van der Waals surface area contributed by atoms with E-state index in [4.69, 9.17) is 28.3 Å². The number of rotatable bonds is 5. The van der Waals surface area contributed by atoms with Gasteiger partial charge in [0, 0.05) is 29.2 Å². The Balaban J connectivity index is 2.00. The Kier molecular flexibility index (Phi) is 5.68. The van der Waals surface area contributed by atoms with E-state index in [0.717, 1.165) is 0 Å². The smallest absolute Gasteiger partial charge is 0.317 e. The average Bonchev–Trinajstić information content (AvgIpc) is 2.39. The fourth-order valence-electron chi connectivity index (χ4n) is 2.37. The molecule has 0 aliphatic carbocycles. The van der Waals surface area contributed by atoms with Crippen molar-refractivity contribution in [1.29, 1.82) is 0 Å². The maximum atomic E-state index is 12.3. The second-order valence-corrected chi connectivity index (χ2v) is 7.76. The van der Waals surface area contributed by atoms with Crippen molar-refractivity contribution in [2.45, 2.75) is 23.8 Å². The van der Waals surface area contributed by atoms with Crippen molar-refractivity contribution in [1.82, 2.24) is 9.62 Å². The van der Waals surface area contributed by atoms with E-state index in [9.17, 15) is 13.2 Å². The van der Waals surface area contributed by atoms with Crippen LogP contribution in [0, 0.1) is 0 Å². The minimum Gasteiger partial charge on any atom is -0.480 e. The van der Waals surface area contributed by atoms with Gasteiger partial charge in [0.1, 0.15) is 0 Å². The van der Waals surface area contributed by atoms with Gasteiger partial charge in [-0.25, -0.2) is 13.1 Å². The molecule has 1 fully saturated rings. The summed E-state index contributed by atoms with van der Waals surface area (Å²) < 4.78 is 27.3. The second kappa shape index (κ2) is 7.14. The minimum absolute atomic E-state index is 0.0244. The lowest BCUT2D eigenvalue weighted by Crippen LogP contribution is -2.45. The molecule has 0 spiro atoms. The van der Waals surface area contributed by atoms with Gasteiger partial charge in [0.05, 0.1) is 11.4 Å². The van der Waals surface area contributed by atoms with Crippen molar-refractivity contribution in [3.05, 3.63) is 28.2 Å². The van der Waals surface area contributed by atoms with Crippen LogP contribution >= 0.6 is 23.2 Å². The number of carbonyl (C=O) groups is 1. The molecule has 22 heavy (non-hydrogen) atoms. The Morgan fingerprint density at radius 1 is 1.23 bits per heavy atom. The average molecular weight is 367 g/mol. The zero-order valence-corrected chi connectivity index (χ0v) is 14.0. The second-order valence-electron chi connectivity index (χ2n) is 5.17. The van der Waals surface area contributed by atoms with Crippen LogP contribution in [0.3, 0.4) is 0 Å². The first-order valence-electron chi connectivity index (χ1n) is 6.69. The van der Waals surface area contributed by atoms with E-state index in [1.165, 1.54) is 18.2 Å². The molecule has 0 atom stereocenters. The number of halogens is 2. The van der Waals surface area contributed by atoms with Crippen molar-refractivity contribution in [2.75, 3.05) is 19.6 Å². The highest BCUT2D eigenvalue weighted by Gasteiger charge is 2.25. The van der Waals surface area contributed by atoms with Gasteiger partial charge in [-0.05, 0) is 31.0 Å². The first-order chi connectivity index (χ1) is 10.3. The van der Waals surface area contributed by atoms with E-state index < -0.39 is 16.0 Å². The third-order valence-corrected chi connectivity index (χ3v) is 5.35. The van der Waals surface area contributed by atoms with Gasteiger partial charge in [-0.1, -0.05) is 23.2 Å². The molecular weight excluding hydrogens is 351 g/mol. The van der Waals surface area contributed by atoms with Crippen LogP contribution < -0.4 is 4.72 Å². The molecule has 2 rings (SSSR count). The highest BCUT2D eigenvalue weighted by Crippen LogP contribution is 2.23. The van der Waals surface area contributed by atoms with Crippen LogP contribution in [0.4, 0.5) is 0 Å². The molecule has 0 amide bonds. The molecule has 122 valence electrons. The predicted molar refractivity (Wildman–Crippen MR) is 83.9 cm³/mol. The number of nitrogens with one attached hydrogen (secondary N) is 1. The number of hydrogen-bond donors (Lipinski definition) is 2. The molecule has 1 aliphatic heterocycles. The van der Waals surface area contributed by atoms with Crippen LogP contribution in [0.2, 0.25) is 10.0 Å². The number of carboxylic acids is 1. The fourth-order valence-corrected chi connectivity index (χ4v) is 4.40. The Hall–Kier alpha value is -0.860. The molecule has 2 N–H and O–H groups in total. The van der Waals surface area contributed by atoms with Crippen LogP contribution in [0.25, 0.3) is 0 Å². The normalized spacial score (nSPS) is 17.5. The monoisotopic (exact) mass is 366 g/mol. The van der Waals surface area contributed by atoms with Gasteiger partial charge in [0.2, 0.25) is 10.0 Å². The quantitative estimate of drug-likeness (QED) is 0.829. The summed E-state index contributed by atoms with van der Waals surface area (Å²) in [5.74, 6) is -0.882. The van der Waals surface area contributed by atoms with Crippen LogP contribution in [0.15, 0.2) is 23.1 Å². The molecule has 6 nitrogen and oxygen atoms in total. The Labute approximate surface area is 139 Å². The standard InChI is InChI=1S/C13H16Cl2N2O4S/c14-9-5-10(15)7-12(6-9)22(20,21)16-11-1-3-17(4-2-11)8-13(18)19/h5-7,11,16H,1-4,8H2,(H,18,19). The Morgan fingerprint density at radius 2 is 1.77 bits per heavy atom. The Bertz CT molecular complexity index is 638. The summed E-state index contributed by atoms with van der Waals surface area (Å²) in [6, 6.07) is 3.92. The first-order valence-corrected chi connectivity index (χ1v) is 8.93. The van der Waals surface area contributed by atoms with E-state index in [-0.39, 0.29) is 27.5 Å². The molecule has 1 heterocycles. The number of aliphatic carboxylic acids is 1. The van der Waals surface area contributed by atoms with Gasteiger partial charge in [0.25, 0.3) is 0 Å². The lowest BCUT2D eigenvalue weighted by Gasteiger charge is -2.31. The summed E-state index contributed by atoms with van der Waals surface area (Å²) in [5.41, 5.74) is 0. The minimum atomic E-state index is -3.70. The van der Waals surface area contributed by atoms with Gasteiger partial charge in [-0.2, -0.15) is 0 Å². The van der Waals surface area contributed by atoms with Crippen LogP contribution in [-0.2, 0) is 14.8 Å². The summed E-state index contributed by atoms with van der Waals surface area (Å²) in [7, 11) is -3.70. The maximum Gasteiger partial charge on any atom is 0.317 e. The van der Waals surface area contributed by atoms with E-state index in [0.29, 0.717) is 25.9 Å². The van der Waals surface area contributed by atoms with Crippen molar-refractivity contribution >= 4 is 39.2 Å². The molecule has 1 aromatic carbocycles. The van der Waals surface area contributed by atoms with Crippen molar-refractivity contribution in [3.8, 4) is 0 Å². The number of sulfonamides is 1. The third-order valence-electron chi connectivity index (χ3n) is 3.41. The van der Waals surface area contributed by atoms with Crippen LogP contribution in [0.1, 0.15) is 12.8 Å². The van der Waals surface area contributed by atoms with Gasteiger partial charge < -0.3 is 5.11 Å².